The van der Waals surface area contributed by atoms with Gasteiger partial charge in [-0.05, 0) is 42.0 Å². The maximum Gasteiger partial charge on any atom is 0.123 e. The molecule has 0 aromatic heterocycles. The summed E-state index contributed by atoms with van der Waals surface area (Å²) >= 11 is 3.49. The van der Waals surface area contributed by atoms with Crippen LogP contribution in [0, 0.1) is 5.82 Å². The van der Waals surface area contributed by atoms with Gasteiger partial charge in [-0.25, -0.2) is 4.39 Å². The fourth-order valence-electron chi connectivity index (χ4n) is 1.73. The summed E-state index contributed by atoms with van der Waals surface area (Å²) in [6, 6.07) is 12.2. The largest absolute Gasteiger partial charge is 0.399 e. The number of rotatable bonds is 3. The zero-order chi connectivity index (χ0) is 13.1. The second-order valence-corrected chi connectivity index (χ2v) is 5.04. The van der Waals surface area contributed by atoms with Crippen LogP contribution in [-0.4, -0.2) is 7.05 Å². The van der Waals surface area contributed by atoms with Crippen LogP contribution in [0.4, 0.5) is 15.8 Å². The van der Waals surface area contributed by atoms with Crippen LogP contribution in [0.3, 0.4) is 0 Å². The maximum atomic E-state index is 12.8. The predicted molar refractivity (Wildman–Crippen MR) is 77.1 cm³/mol. The second-order valence-electron chi connectivity index (χ2n) is 4.18. The van der Waals surface area contributed by atoms with Gasteiger partial charge in [-0.15, -0.1) is 0 Å². The molecule has 0 aliphatic heterocycles. The van der Waals surface area contributed by atoms with E-state index in [1.807, 2.05) is 25.2 Å². The van der Waals surface area contributed by atoms with E-state index in [1.165, 1.54) is 12.1 Å². The van der Waals surface area contributed by atoms with Crippen molar-refractivity contribution in [2.45, 2.75) is 6.54 Å². The lowest BCUT2D eigenvalue weighted by atomic mass is 10.2. The van der Waals surface area contributed by atoms with Crippen molar-refractivity contribution >= 4 is 27.3 Å². The highest BCUT2D eigenvalue weighted by Crippen LogP contribution is 2.23. The van der Waals surface area contributed by atoms with Crippen LogP contribution < -0.4 is 10.6 Å². The van der Waals surface area contributed by atoms with Gasteiger partial charge in [0, 0.05) is 29.4 Å². The SMILES string of the molecule is CN(Cc1ccc(N)cc1Br)c1ccc(F)cc1. The molecule has 2 rings (SSSR count). The second kappa shape index (κ2) is 5.40. The van der Waals surface area contributed by atoms with E-state index in [1.54, 1.807) is 12.1 Å². The smallest absolute Gasteiger partial charge is 0.123 e. The van der Waals surface area contributed by atoms with E-state index in [2.05, 4.69) is 20.8 Å². The number of nitrogen functional groups attached to an aromatic ring is 1. The zero-order valence-electron chi connectivity index (χ0n) is 10.0. The lowest BCUT2D eigenvalue weighted by Crippen LogP contribution is -2.16. The molecule has 2 nitrogen and oxygen atoms in total. The fraction of sp³-hybridized carbons (Fsp3) is 0.143. The van der Waals surface area contributed by atoms with Gasteiger partial charge in [0.25, 0.3) is 0 Å². The van der Waals surface area contributed by atoms with Gasteiger partial charge in [-0.1, -0.05) is 22.0 Å². The Morgan fingerprint density at radius 3 is 2.44 bits per heavy atom. The summed E-state index contributed by atoms with van der Waals surface area (Å²) in [6.07, 6.45) is 0. The zero-order valence-corrected chi connectivity index (χ0v) is 11.6. The molecule has 0 bridgehead atoms. The van der Waals surface area contributed by atoms with Gasteiger partial charge in [0.15, 0.2) is 0 Å². The number of halogens is 2. The first kappa shape index (κ1) is 12.9. The van der Waals surface area contributed by atoms with E-state index in [4.69, 9.17) is 5.73 Å². The quantitative estimate of drug-likeness (QED) is 0.874. The van der Waals surface area contributed by atoms with E-state index in [0.717, 1.165) is 28.0 Å². The van der Waals surface area contributed by atoms with Gasteiger partial charge in [-0.2, -0.15) is 0 Å². The highest BCUT2D eigenvalue weighted by atomic mass is 79.9. The van der Waals surface area contributed by atoms with Crippen molar-refractivity contribution in [2.75, 3.05) is 17.7 Å². The average Bonchev–Trinajstić information content (AvgIpc) is 2.33. The summed E-state index contributed by atoms with van der Waals surface area (Å²) in [5, 5.41) is 0. The van der Waals surface area contributed by atoms with Crippen LogP contribution in [-0.2, 0) is 6.54 Å². The Morgan fingerprint density at radius 2 is 1.83 bits per heavy atom. The van der Waals surface area contributed by atoms with Crippen molar-refractivity contribution in [3.8, 4) is 0 Å². The topological polar surface area (TPSA) is 29.3 Å². The summed E-state index contributed by atoms with van der Waals surface area (Å²) in [6.45, 7) is 0.729. The Morgan fingerprint density at radius 1 is 1.17 bits per heavy atom. The summed E-state index contributed by atoms with van der Waals surface area (Å²) < 4.78 is 13.8. The summed E-state index contributed by atoms with van der Waals surface area (Å²) in [5.41, 5.74) is 8.54. The first-order valence-corrected chi connectivity index (χ1v) is 6.36. The van der Waals surface area contributed by atoms with Gasteiger partial charge in [0.1, 0.15) is 5.82 Å². The number of hydrogen-bond acceptors (Lipinski definition) is 2. The third kappa shape index (κ3) is 3.01. The first-order chi connectivity index (χ1) is 8.56. The van der Waals surface area contributed by atoms with Crippen LogP contribution >= 0.6 is 15.9 Å². The number of hydrogen-bond donors (Lipinski definition) is 1. The molecule has 2 N–H and O–H groups in total. The molecule has 0 atom stereocenters. The summed E-state index contributed by atoms with van der Waals surface area (Å²) in [5.74, 6) is -0.221. The van der Waals surface area contributed by atoms with Crippen molar-refractivity contribution in [1.82, 2.24) is 0 Å². The van der Waals surface area contributed by atoms with Crippen molar-refractivity contribution in [3.05, 3.63) is 58.3 Å². The Kier molecular flexibility index (Phi) is 3.87. The monoisotopic (exact) mass is 308 g/mol. The van der Waals surface area contributed by atoms with Crippen molar-refractivity contribution in [2.24, 2.45) is 0 Å². The molecule has 0 fully saturated rings. The lowest BCUT2D eigenvalue weighted by Gasteiger charge is -2.20. The summed E-state index contributed by atoms with van der Waals surface area (Å²) in [4.78, 5) is 2.05. The average molecular weight is 309 g/mol. The third-order valence-corrected chi connectivity index (χ3v) is 3.49. The Balaban J connectivity index is 2.15. The van der Waals surface area contributed by atoms with E-state index in [9.17, 15) is 4.39 Å². The number of anilines is 2. The molecule has 4 heteroatoms. The van der Waals surface area contributed by atoms with Crippen LogP contribution in [0.1, 0.15) is 5.56 Å². The molecule has 0 aliphatic rings. The van der Waals surface area contributed by atoms with E-state index in [-0.39, 0.29) is 5.82 Å². The van der Waals surface area contributed by atoms with E-state index >= 15 is 0 Å². The summed E-state index contributed by atoms with van der Waals surface area (Å²) in [7, 11) is 1.97. The van der Waals surface area contributed by atoms with Crippen LogP contribution in [0.5, 0.6) is 0 Å². The standard InChI is InChI=1S/C14H14BrFN2/c1-18(13-6-3-11(16)4-7-13)9-10-2-5-12(17)8-14(10)15/h2-8H,9,17H2,1H3. The third-order valence-electron chi connectivity index (χ3n) is 2.75. The molecule has 0 heterocycles. The molecule has 2 aromatic carbocycles. The number of nitrogens with two attached hydrogens (primary N) is 1. The van der Waals surface area contributed by atoms with Crippen LogP contribution in [0.25, 0.3) is 0 Å². The van der Waals surface area contributed by atoms with Gasteiger partial charge in [0.2, 0.25) is 0 Å². The van der Waals surface area contributed by atoms with Crippen LogP contribution in [0.2, 0.25) is 0 Å². The van der Waals surface area contributed by atoms with Crippen molar-refractivity contribution in [1.29, 1.82) is 0 Å². The molecule has 0 saturated carbocycles. The van der Waals surface area contributed by atoms with E-state index < -0.39 is 0 Å². The van der Waals surface area contributed by atoms with Crippen molar-refractivity contribution < 1.29 is 4.39 Å². The highest BCUT2D eigenvalue weighted by molar-refractivity contribution is 9.10. The molecule has 0 spiro atoms. The highest BCUT2D eigenvalue weighted by Gasteiger charge is 2.05. The van der Waals surface area contributed by atoms with Gasteiger partial charge >= 0.3 is 0 Å². The minimum absolute atomic E-state index is 0.221. The van der Waals surface area contributed by atoms with Gasteiger partial charge in [0.05, 0.1) is 0 Å². The van der Waals surface area contributed by atoms with Crippen LogP contribution in [0.15, 0.2) is 46.9 Å². The molecule has 0 radical (unpaired) electrons. The number of nitrogens with zero attached hydrogens (tertiary/aromatic N) is 1. The van der Waals surface area contributed by atoms with E-state index in [0.29, 0.717) is 0 Å². The van der Waals surface area contributed by atoms with Crippen molar-refractivity contribution in [3.63, 3.8) is 0 Å². The maximum absolute atomic E-state index is 12.8. The normalized spacial score (nSPS) is 10.4. The first-order valence-electron chi connectivity index (χ1n) is 5.57. The molecule has 0 amide bonds. The molecule has 0 aliphatic carbocycles. The Bertz CT molecular complexity index is 540. The number of benzene rings is 2. The molecule has 2 aromatic rings. The lowest BCUT2D eigenvalue weighted by molar-refractivity contribution is 0.627. The molecule has 0 unspecified atom stereocenters. The Hall–Kier alpha value is -1.55. The fourth-order valence-corrected chi connectivity index (χ4v) is 2.26. The minimum Gasteiger partial charge on any atom is -0.399 e. The molecular weight excluding hydrogens is 295 g/mol. The molecule has 0 saturated heterocycles. The van der Waals surface area contributed by atoms with Gasteiger partial charge in [-0.3, -0.25) is 0 Å². The molecule has 94 valence electrons. The predicted octanol–water partition coefficient (Wildman–Crippen LogP) is 3.81. The van der Waals surface area contributed by atoms with Gasteiger partial charge < -0.3 is 10.6 Å². The minimum atomic E-state index is -0.221. The Labute approximate surface area is 114 Å². The molecular formula is C14H14BrFN2. The molecule has 18 heavy (non-hydrogen) atoms.